The van der Waals surface area contributed by atoms with Gasteiger partial charge in [-0.1, -0.05) is 0 Å². The zero-order chi connectivity index (χ0) is 16.8. The van der Waals surface area contributed by atoms with E-state index >= 15 is 0 Å². The first-order valence-electron chi connectivity index (χ1n) is 7.93. The standard InChI is InChI=1S/C17H18N4O3/c1-10-8-18-15(19-10)12-5-6-21(9-12)16(22)11-3-4-14-13(7-11)20(2)17(23)24-14/h3-4,7-8,12H,5-6,9H2,1-2H3,(H,18,19)/t12-/m0/s1. The fraction of sp³-hybridized carbons (Fsp3) is 0.353. The van der Waals surface area contributed by atoms with Crippen molar-refractivity contribution in [2.24, 2.45) is 7.05 Å². The average molecular weight is 326 g/mol. The molecule has 7 heteroatoms. The minimum atomic E-state index is -0.427. The van der Waals surface area contributed by atoms with Gasteiger partial charge < -0.3 is 14.3 Å². The molecule has 3 aromatic rings. The molecule has 1 aliphatic heterocycles. The summed E-state index contributed by atoms with van der Waals surface area (Å²) in [7, 11) is 1.63. The topological polar surface area (TPSA) is 84.1 Å². The molecule has 124 valence electrons. The number of nitrogens with zero attached hydrogens (tertiary/aromatic N) is 3. The van der Waals surface area contributed by atoms with Crippen LogP contribution in [0.4, 0.5) is 0 Å². The first-order valence-corrected chi connectivity index (χ1v) is 7.93. The highest BCUT2D eigenvalue weighted by atomic mass is 16.4. The van der Waals surface area contributed by atoms with E-state index in [0.29, 0.717) is 29.8 Å². The SMILES string of the molecule is Cc1cnc([C@H]2CCN(C(=O)c3ccc4oc(=O)n(C)c4c3)C2)[nH]1. The van der Waals surface area contributed by atoms with Crippen LogP contribution in [-0.2, 0) is 7.05 Å². The number of benzene rings is 1. The van der Waals surface area contributed by atoms with Crippen molar-refractivity contribution in [3.05, 3.63) is 52.0 Å². The maximum Gasteiger partial charge on any atom is 0.419 e. The highest BCUT2D eigenvalue weighted by molar-refractivity contribution is 5.97. The van der Waals surface area contributed by atoms with Crippen LogP contribution >= 0.6 is 0 Å². The third kappa shape index (κ3) is 2.33. The number of imidazole rings is 1. The molecule has 1 fully saturated rings. The molecule has 1 amide bonds. The smallest absolute Gasteiger partial charge is 0.408 e. The van der Waals surface area contributed by atoms with Crippen molar-refractivity contribution >= 4 is 17.0 Å². The summed E-state index contributed by atoms with van der Waals surface area (Å²) in [6.45, 7) is 3.32. The van der Waals surface area contributed by atoms with Gasteiger partial charge in [-0.25, -0.2) is 9.78 Å². The maximum atomic E-state index is 12.8. The van der Waals surface area contributed by atoms with Crippen LogP contribution in [-0.4, -0.2) is 38.4 Å². The largest absolute Gasteiger partial charge is 0.419 e. The fourth-order valence-electron chi connectivity index (χ4n) is 3.25. The van der Waals surface area contributed by atoms with Gasteiger partial charge in [-0.15, -0.1) is 0 Å². The zero-order valence-corrected chi connectivity index (χ0v) is 13.6. The molecule has 1 aliphatic rings. The number of carbonyl (C=O) groups excluding carboxylic acids is 1. The van der Waals surface area contributed by atoms with Gasteiger partial charge in [-0.2, -0.15) is 0 Å². The Bertz CT molecular complexity index is 981. The summed E-state index contributed by atoms with van der Waals surface area (Å²) in [6.07, 6.45) is 2.71. The number of rotatable bonds is 2. The molecule has 2 aromatic heterocycles. The summed E-state index contributed by atoms with van der Waals surface area (Å²) in [5, 5.41) is 0. The van der Waals surface area contributed by atoms with Crippen LogP contribution in [0.1, 0.15) is 34.2 Å². The van der Waals surface area contributed by atoms with E-state index in [1.54, 1.807) is 25.2 Å². The molecule has 0 radical (unpaired) electrons. The van der Waals surface area contributed by atoms with E-state index in [-0.39, 0.29) is 11.8 Å². The van der Waals surface area contributed by atoms with E-state index in [4.69, 9.17) is 4.42 Å². The van der Waals surface area contributed by atoms with Crippen molar-refractivity contribution in [3.63, 3.8) is 0 Å². The molecule has 4 rings (SSSR count). The van der Waals surface area contributed by atoms with Gasteiger partial charge in [0.1, 0.15) is 5.82 Å². The monoisotopic (exact) mass is 326 g/mol. The van der Waals surface area contributed by atoms with Gasteiger partial charge in [-0.05, 0) is 31.5 Å². The highest BCUT2D eigenvalue weighted by Crippen LogP contribution is 2.26. The van der Waals surface area contributed by atoms with Crippen molar-refractivity contribution < 1.29 is 9.21 Å². The number of aromatic nitrogens is 3. The number of oxazole rings is 1. The number of fused-ring (bicyclic) bond motifs is 1. The zero-order valence-electron chi connectivity index (χ0n) is 13.6. The van der Waals surface area contributed by atoms with Crippen LogP contribution in [0.25, 0.3) is 11.1 Å². The Labute approximate surface area is 137 Å². The van der Waals surface area contributed by atoms with Crippen molar-refractivity contribution in [2.75, 3.05) is 13.1 Å². The van der Waals surface area contributed by atoms with Crippen LogP contribution in [0.5, 0.6) is 0 Å². The van der Waals surface area contributed by atoms with E-state index in [0.717, 1.165) is 17.9 Å². The molecule has 1 atom stereocenters. The summed E-state index contributed by atoms with van der Waals surface area (Å²) in [4.78, 5) is 33.8. The highest BCUT2D eigenvalue weighted by Gasteiger charge is 2.29. The lowest BCUT2D eigenvalue weighted by Crippen LogP contribution is -2.28. The fourth-order valence-corrected chi connectivity index (χ4v) is 3.25. The van der Waals surface area contributed by atoms with Crippen LogP contribution < -0.4 is 5.76 Å². The second-order valence-corrected chi connectivity index (χ2v) is 6.30. The molecule has 0 unspecified atom stereocenters. The van der Waals surface area contributed by atoms with Crippen LogP contribution in [0.2, 0.25) is 0 Å². The van der Waals surface area contributed by atoms with E-state index in [2.05, 4.69) is 9.97 Å². The molecule has 0 bridgehead atoms. The molecule has 1 saturated heterocycles. The van der Waals surface area contributed by atoms with Gasteiger partial charge in [0.05, 0.1) is 5.52 Å². The van der Waals surface area contributed by atoms with Gasteiger partial charge in [0, 0.05) is 43.5 Å². The van der Waals surface area contributed by atoms with Gasteiger partial charge in [-0.3, -0.25) is 9.36 Å². The molecular formula is C17H18N4O3. The Morgan fingerprint density at radius 3 is 3.00 bits per heavy atom. The van der Waals surface area contributed by atoms with Crippen molar-refractivity contribution in [3.8, 4) is 0 Å². The van der Waals surface area contributed by atoms with E-state index < -0.39 is 5.76 Å². The second-order valence-electron chi connectivity index (χ2n) is 6.30. The maximum absolute atomic E-state index is 12.8. The van der Waals surface area contributed by atoms with Gasteiger partial charge in [0.25, 0.3) is 5.91 Å². The Morgan fingerprint density at radius 2 is 2.25 bits per heavy atom. The Hall–Kier alpha value is -2.83. The lowest BCUT2D eigenvalue weighted by molar-refractivity contribution is 0.0790. The van der Waals surface area contributed by atoms with Gasteiger partial charge >= 0.3 is 5.76 Å². The number of aryl methyl sites for hydroxylation is 2. The molecule has 1 N–H and O–H groups in total. The minimum Gasteiger partial charge on any atom is -0.408 e. The molecule has 0 spiro atoms. The average Bonchev–Trinajstić information content (AvgIpc) is 3.27. The second kappa shape index (κ2) is 5.36. The normalized spacial score (nSPS) is 17.8. The molecule has 24 heavy (non-hydrogen) atoms. The summed E-state index contributed by atoms with van der Waals surface area (Å²) >= 11 is 0. The van der Waals surface area contributed by atoms with Crippen molar-refractivity contribution in [1.29, 1.82) is 0 Å². The molecule has 0 aliphatic carbocycles. The molecule has 0 saturated carbocycles. The Morgan fingerprint density at radius 1 is 1.42 bits per heavy atom. The van der Waals surface area contributed by atoms with Crippen molar-refractivity contribution in [2.45, 2.75) is 19.3 Å². The third-order valence-corrected chi connectivity index (χ3v) is 4.62. The number of carbonyl (C=O) groups is 1. The predicted octanol–water partition coefficient (Wildman–Crippen LogP) is 1.79. The number of H-pyrrole nitrogens is 1. The molecular weight excluding hydrogens is 308 g/mol. The summed E-state index contributed by atoms with van der Waals surface area (Å²) < 4.78 is 6.51. The van der Waals surface area contributed by atoms with E-state index in [9.17, 15) is 9.59 Å². The van der Waals surface area contributed by atoms with Gasteiger partial charge in [0.15, 0.2) is 5.58 Å². The summed E-state index contributed by atoms with van der Waals surface area (Å²) in [5.41, 5.74) is 2.71. The number of likely N-dealkylation sites (tertiary alicyclic amines) is 1. The summed E-state index contributed by atoms with van der Waals surface area (Å²) in [6, 6.07) is 5.10. The van der Waals surface area contributed by atoms with Crippen molar-refractivity contribution in [1.82, 2.24) is 19.4 Å². The number of nitrogens with one attached hydrogen (secondary N) is 1. The predicted molar refractivity (Wildman–Crippen MR) is 88.0 cm³/mol. The van der Waals surface area contributed by atoms with E-state index in [1.807, 2.05) is 18.0 Å². The molecule has 3 heterocycles. The third-order valence-electron chi connectivity index (χ3n) is 4.62. The molecule has 7 nitrogen and oxygen atoms in total. The number of aromatic amines is 1. The summed E-state index contributed by atoms with van der Waals surface area (Å²) in [5.74, 6) is 0.723. The minimum absolute atomic E-state index is 0.0312. The number of hydrogen-bond acceptors (Lipinski definition) is 4. The van der Waals surface area contributed by atoms with Crippen LogP contribution in [0, 0.1) is 6.92 Å². The molecule has 1 aromatic carbocycles. The Balaban J connectivity index is 1.58. The quantitative estimate of drug-likeness (QED) is 0.778. The first kappa shape index (κ1) is 14.7. The lowest BCUT2D eigenvalue weighted by Gasteiger charge is -2.16. The lowest BCUT2D eigenvalue weighted by atomic mass is 10.1. The van der Waals surface area contributed by atoms with Crippen LogP contribution in [0.3, 0.4) is 0 Å². The van der Waals surface area contributed by atoms with E-state index in [1.165, 1.54) is 4.57 Å². The number of amides is 1. The first-order chi connectivity index (χ1) is 11.5. The van der Waals surface area contributed by atoms with Crippen LogP contribution in [0.15, 0.2) is 33.6 Å². The Kier molecular flexibility index (Phi) is 3.30. The van der Waals surface area contributed by atoms with Gasteiger partial charge in [0.2, 0.25) is 0 Å². The number of hydrogen-bond donors (Lipinski definition) is 1.